The first-order valence-electron chi connectivity index (χ1n) is 8.37. The molecule has 0 spiro atoms. The third-order valence-electron chi connectivity index (χ3n) is 3.97. The SMILES string of the molecule is O=C(CN(c1ccccc1F)S(=O)(=O)c1ccccc1)Nc1c(Cl)cccc1Cl. The van der Waals surface area contributed by atoms with Crippen molar-refractivity contribution in [2.75, 3.05) is 16.2 Å². The van der Waals surface area contributed by atoms with E-state index >= 15 is 0 Å². The topological polar surface area (TPSA) is 66.5 Å². The van der Waals surface area contributed by atoms with Crippen molar-refractivity contribution in [1.82, 2.24) is 0 Å². The van der Waals surface area contributed by atoms with E-state index < -0.39 is 28.3 Å². The van der Waals surface area contributed by atoms with E-state index in [0.29, 0.717) is 4.31 Å². The zero-order chi connectivity index (χ0) is 21.0. The molecule has 0 heterocycles. The van der Waals surface area contributed by atoms with Gasteiger partial charge in [0.25, 0.3) is 10.0 Å². The lowest BCUT2D eigenvalue weighted by atomic mass is 10.3. The summed E-state index contributed by atoms with van der Waals surface area (Å²) in [5.74, 6) is -1.52. The Bertz CT molecular complexity index is 1120. The number of carbonyl (C=O) groups is 1. The molecule has 1 amide bonds. The predicted molar refractivity (Wildman–Crippen MR) is 112 cm³/mol. The van der Waals surface area contributed by atoms with E-state index in [9.17, 15) is 17.6 Å². The van der Waals surface area contributed by atoms with E-state index in [0.717, 1.165) is 6.07 Å². The Morgan fingerprint density at radius 1 is 0.897 bits per heavy atom. The van der Waals surface area contributed by atoms with Crippen molar-refractivity contribution in [3.63, 3.8) is 0 Å². The Morgan fingerprint density at radius 3 is 2.10 bits per heavy atom. The van der Waals surface area contributed by atoms with Gasteiger partial charge in [-0.3, -0.25) is 9.10 Å². The maximum absolute atomic E-state index is 14.4. The molecule has 0 radical (unpaired) electrons. The monoisotopic (exact) mass is 452 g/mol. The molecule has 3 aromatic rings. The predicted octanol–water partition coefficient (Wildman–Crippen LogP) is 4.97. The van der Waals surface area contributed by atoms with Crippen LogP contribution in [0, 0.1) is 5.82 Å². The number of anilines is 2. The molecule has 0 aliphatic rings. The highest BCUT2D eigenvalue weighted by atomic mass is 35.5. The summed E-state index contributed by atoms with van der Waals surface area (Å²) in [6.45, 7) is -0.681. The van der Waals surface area contributed by atoms with E-state index in [1.807, 2.05) is 0 Å². The lowest BCUT2D eigenvalue weighted by Crippen LogP contribution is -2.38. The van der Waals surface area contributed by atoms with Gasteiger partial charge in [-0.1, -0.05) is 59.6 Å². The number of hydrogen-bond acceptors (Lipinski definition) is 3. The number of nitrogens with zero attached hydrogens (tertiary/aromatic N) is 1. The van der Waals surface area contributed by atoms with Crippen molar-refractivity contribution in [1.29, 1.82) is 0 Å². The fraction of sp³-hybridized carbons (Fsp3) is 0.0500. The number of amides is 1. The Kier molecular flexibility index (Phi) is 6.42. The van der Waals surface area contributed by atoms with Crippen molar-refractivity contribution in [2.45, 2.75) is 4.90 Å². The van der Waals surface area contributed by atoms with Crippen LogP contribution in [0.5, 0.6) is 0 Å². The van der Waals surface area contributed by atoms with Gasteiger partial charge in [0, 0.05) is 0 Å². The van der Waals surface area contributed by atoms with Crippen LogP contribution in [0.3, 0.4) is 0 Å². The summed E-state index contributed by atoms with van der Waals surface area (Å²) in [6.07, 6.45) is 0. The first-order chi connectivity index (χ1) is 13.8. The molecule has 0 saturated heterocycles. The molecule has 0 aliphatic heterocycles. The highest BCUT2D eigenvalue weighted by Gasteiger charge is 2.29. The van der Waals surface area contributed by atoms with Crippen molar-refractivity contribution < 1.29 is 17.6 Å². The minimum absolute atomic E-state index is 0.0770. The lowest BCUT2D eigenvalue weighted by Gasteiger charge is -2.24. The fourth-order valence-corrected chi connectivity index (χ4v) is 4.54. The second-order valence-electron chi connectivity index (χ2n) is 5.92. The number of halogens is 3. The highest BCUT2D eigenvalue weighted by molar-refractivity contribution is 7.92. The molecule has 1 N–H and O–H groups in total. The second kappa shape index (κ2) is 8.82. The molecule has 0 aliphatic carbocycles. The van der Waals surface area contributed by atoms with Gasteiger partial charge in [-0.15, -0.1) is 0 Å². The van der Waals surface area contributed by atoms with Crippen molar-refractivity contribution in [3.05, 3.63) is 88.7 Å². The molecule has 0 atom stereocenters. The Labute approximate surface area is 177 Å². The number of sulfonamides is 1. The van der Waals surface area contributed by atoms with E-state index in [4.69, 9.17) is 23.2 Å². The molecular formula is C20H15Cl2FN2O3S. The zero-order valence-electron chi connectivity index (χ0n) is 14.8. The van der Waals surface area contributed by atoms with E-state index in [1.54, 1.807) is 12.1 Å². The van der Waals surface area contributed by atoms with Gasteiger partial charge in [-0.2, -0.15) is 0 Å². The Morgan fingerprint density at radius 2 is 1.48 bits per heavy atom. The molecule has 29 heavy (non-hydrogen) atoms. The first kappa shape index (κ1) is 21.1. The van der Waals surface area contributed by atoms with Crippen LogP contribution in [0.15, 0.2) is 77.7 Å². The van der Waals surface area contributed by atoms with Crippen LogP contribution in [0.1, 0.15) is 0 Å². The average molecular weight is 453 g/mol. The van der Waals surface area contributed by atoms with Crippen molar-refractivity contribution >= 4 is 50.5 Å². The number of nitrogens with one attached hydrogen (secondary N) is 1. The Hall–Kier alpha value is -2.61. The molecule has 9 heteroatoms. The van der Waals surface area contributed by atoms with Crippen LogP contribution in [0.4, 0.5) is 15.8 Å². The molecule has 0 fully saturated rings. The van der Waals surface area contributed by atoms with Gasteiger partial charge in [-0.25, -0.2) is 12.8 Å². The minimum atomic E-state index is -4.22. The quantitative estimate of drug-likeness (QED) is 0.574. The highest BCUT2D eigenvalue weighted by Crippen LogP contribution is 2.30. The maximum atomic E-state index is 14.4. The fourth-order valence-electron chi connectivity index (χ4n) is 2.60. The number of hydrogen-bond donors (Lipinski definition) is 1. The number of carbonyl (C=O) groups excluding carboxylic acids is 1. The van der Waals surface area contributed by atoms with Crippen LogP contribution in [0.25, 0.3) is 0 Å². The third-order valence-corrected chi connectivity index (χ3v) is 6.37. The van der Waals surface area contributed by atoms with Gasteiger partial charge in [0.05, 0.1) is 26.3 Å². The summed E-state index contributed by atoms with van der Waals surface area (Å²) >= 11 is 12.1. The van der Waals surface area contributed by atoms with Crippen LogP contribution in [0.2, 0.25) is 10.0 Å². The number of rotatable bonds is 6. The molecule has 150 valence electrons. The van der Waals surface area contributed by atoms with Gasteiger partial charge in [0.2, 0.25) is 5.91 Å². The molecule has 0 unspecified atom stereocenters. The number of para-hydroxylation sites is 2. The molecule has 5 nitrogen and oxygen atoms in total. The summed E-state index contributed by atoms with van der Waals surface area (Å²) in [5.41, 5.74) is -0.108. The summed E-state index contributed by atoms with van der Waals surface area (Å²) < 4.78 is 41.4. The molecular weight excluding hydrogens is 438 g/mol. The molecule has 0 bridgehead atoms. The molecule has 3 rings (SSSR count). The van der Waals surface area contributed by atoms with Gasteiger partial charge in [0.1, 0.15) is 12.4 Å². The zero-order valence-corrected chi connectivity index (χ0v) is 17.2. The third kappa shape index (κ3) is 4.70. The van der Waals surface area contributed by atoms with Crippen LogP contribution in [-0.2, 0) is 14.8 Å². The van der Waals surface area contributed by atoms with Crippen LogP contribution < -0.4 is 9.62 Å². The molecule has 0 aromatic heterocycles. The average Bonchev–Trinajstić information content (AvgIpc) is 2.70. The molecule has 0 saturated carbocycles. The summed E-state index contributed by atoms with van der Waals surface area (Å²) in [7, 11) is -4.22. The maximum Gasteiger partial charge on any atom is 0.264 e. The normalized spacial score (nSPS) is 11.1. The summed E-state index contributed by atoms with van der Waals surface area (Å²) in [5, 5.41) is 2.87. The van der Waals surface area contributed by atoms with Gasteiger partial charge in [-0.05, 0) is 36.4 Å². The standard InChI is InChI=1S/C20H15Cl2FN2O3S/c21-15-9-6-10-16(22)20(15)24-19(26)13-25(18-12-5-4-11-17(18)23)29(27,28)14-7-2-1-3-8-14/h1-12H,13H2,(H,24,26). The second-order valence-corrected chi connectivity index (χ2v) is 8.60. The minimum Gasteiger partial charge on any atom is -0.322 e. The van der Waals surface area contributed by atoms with E-state index in [1.165, 1.54) is 54.6 Å². The smallest absolute Gasteiger partial charge is 0.264 e. The van der Waals surface area contributed by atoms with Gasteiger partial charge >= 0.3 is 0 Å². The lowest BCUT2D eigenvalue weighted by molar-refractivity contribution is -0.114. The largest absolute Gasteiger partial charge is 0.322 e. The van der Waals surface area contributed by atoms with Crippen molar-refractivity contribution in [2.24, 2.45) is 0 Å². The summed E-state index contributed by atoms with van der Waals surface area (Å²) in [6, 6.07) is 17.4. The van der Waals surface area contributed by atoms with Crippen LogP contribution >= 0.6 is 23.2 Å². The van der Waals surface area contributed by atoms with Crippen molar-refractivity contribution in [3.8, 4) is 0 Å². The Balaban J connectivity index is 1.98. The van der Waals surface area contributed by atoms with Gasteiger partial charge < -0.3 is 5.32 Å². The number of benzene rings is 3. The first-order valence-corrected chi connectivity index (χ1v) is 10.6. The van der Waals surface area contributed by atoms with E-state index in [-0.39, 0.29) is 26.3 Å². The van der Waals surface area contributed by atoms with E-state index in [2.05, 4.69) is 5.32 Å². The van der Waals surface area contributed by atoms with Gasteiger partial charge in [0.15, 0.2) is 0 Å². The summed E-state index contributed by atoms with van der Waals surface area (Å²) in [4.78, 5) is 12.6. The molecule has 3 aromatic carbocycles. The van der Waals surface area contributed by atoms with Crippen LogP contribution in [-0.4, -0.2) is 20.9 Å².